The lowest BCUT2D eigenvalue weighted by atomic mass is 9.75. The molecule has 1 aliphatic carbocycles. The van der Waals surface area contributed by atoms with Crippen LogP contribution >= 0.6 is 0 Å². The number of rotatable bonds is 6. The minimum atomic E-state index is 0.282. The van der Waals surface area contributed by atoms with Crippen molar-refractivity contribution >= 4 is 0 Å². The van der Waals surface area contributed by atoms with Gasteiger partial charge in [-0.25, -0.2) is 0 Å². The molecule has 0 aliphatic heterocycles. The highest BCUT2D eigenvalue weighted by Gasteiger charge is 2.23. The Morgan fingerprint density at radius 2 is 0.955 bits per heavy atom. The predicted molar refractivity (Wildman–Crippen MR) is 101 cm³/mol. The van der Waals surface area contributed by atoms with E-state index in [9.17, 15) is 0 Å². The molecular formula is C22H40. The molecule has 1 rings (SSSR count). The first-order valence-electron chi connectivity index (χ1n) is 9.36. The van der Waals surface area contributed by atoms with Gasteiger partial charge in [0.05, 0.1) is 0 Å². The highest BCUT2D eigenvalue weighted by Crippen LogP contribution is 2.38. The fourth-order valence-electron chi connectivity index (χ4n) is 3.32. The standard InChI is InChI=1S/C22H40/c1-17(21(3,4)5)9-11-19-13-15-20(16-14-19)12-10-18(2)22(6,7)8/h19-20H,1-2,9-16H2,3-8H3. The van der Waals surface area contributed by atoms with Crippen molar-refractivity contribution in [3.63, 3.8) is 0 Å². The summed E-state index contributed by atoms with van der Waals surface area (Å²) >= 11 is 0. The van der Waals surface area contributed by atoms with Crippen LogP contribution in [0.25, 0.3) is 0 Å². The summed E-state index contributed by atoms with van der Waals surface area (Å²) in [6.45, 7) is 22.3. The molecule has 1 aliphatic rings. The Bertz CT molecular complexity index is 326. The van der Waals surface area contributed by atoms with E-state index in [4.69, 9.17) is 0 Å². The highest BCUT2D eigenvalue weighted by atomic mass is 14.3. The van der Waals surface area contributed by atoms with Gasteiger partial charge in [0, 0.05) is 0 Å². The smallest absolute Gasteiger partial charge is 0.0176 e. The van der Waals surface area contributed by atoms with Gasteiger partial charge in [-0.15, -0.1) is 0 Å². The van der Waals surface area contributed by atoms with E-state index < -0.39 is 0 Å². The molecule has 0 unspecified atom stereocenters. The Morgan fingerprint density at radius 1 is 0.682 bits per heavy atom. The van der Waals surface area contributed by atoms with Gasteiger partial charge in [0.2, 0.25) is 0 Å². The zero-order valence-electron chi connectivity index (χ0n) is 16.2. The van der Waals surface area contributed by atoms with E-state index in [2.05, 4.69) is 54.7 Å². The van der Waals surface area contributed by atoms with Gasteiger partial charge in [-0.3, -0.25) is 0 Å². The van der Waals surface area contributed by atoms with E-state index >= 15 is 0 Å². The molecule has 1 saturated carbocycles. The number of hydrogen-bond acceptors (Lipinski definition) is 0. The van der Waals surface area contributed by atoms with E-state index in [1.54, 1.807) is 0 Å². The lowest BCUT2D eigenvalue weighted by molar-refractivity contribution is 0.248. The first-order valence-corrected chi connectivity index (χ1v) is 9.36. The van der Waals surface area contributed by atoms with Crippen molar-refractivity contribution in [1.29, 1.82) is 0 Å². The third-order valence-electron chi connectivity index (χ3n) is 5.80. The summed E-state index contributed by atoms with van der Waals surface area (Å²) in [4.78, 5) is 0. The second kappa shape index (κ2) is 7.84. The second-order valence-electron chi connectivity index (χ2n) is 9.67. The fraction of sp³-hybridized carbons (Fsp3) is 0.818. The molecule has 128 valence electrons. The number of allylic oxidation sites excluding steroid dienone is 2. The van der Waals surface area contributed by atoms with E-state index in [1.807, 2.05) is 0 Å². The van der Waals surface area contributed by atoms with Gasteiger partial charge in [-0.2, -0.15) is 0 Å². The lowest BCUT2D eigenvalue weighted by Crippen LogP contribution is -2.17. The maximum absolute atomic E-state index is 4.29. The SMILES string of the molecule is C=C(CCC1CCC(CCC(=C)C(C)(C)C)CC1)C(C)(C)C. The Balaban J connectivity index is 2.24. The van der Waals surface area contributed by atoms with Crippen LogP contribution in [0.5, 0.6) is 0 Å². The van der Waals surface area contributed by atoms with E-state index in [0.29, 0.717) is 0 Å². The molecule has 0 N–H and O–H groups in total. The van der Waals surface area contributed by atoms with Gasteiger partial charge in [0.15, 0.2) is 0 Å². The van der Waals surface area contributed by atoms with Crippen LogP contribution in [0.3, 0.4) is 0 Å². The molecule has 0 aromatic heterocycles. The average Bonchev–Trinajstić information content (AvgIpc) is 2.41. The molecule has 0 radical (unpaired) electrons. The van der Waals surface area contributed by atoms with Crippen molar-refractivity contribution in [1.82, 2.24) is 0 Å². The average molecular weight is 305 g/mol. The summed E-state index contributed by atoms with van der Waals surface area (Å²) in [5, 5.41) is 0. The van der Waals surface area contributed by atoms with Crippen molar-refractivity contribution in [3.05, 3.63) is 24.3 Å². The highest BCUT2D eigenvalue weighted by molar-refractivity contribution is 5.06. The molecule has 0 heterocycles. The van der Waals surface area contributed by atoms with Crippen LogP contribution in [0.2, 0.25) is 0 Å². The minimum Gasteiger partial charge on any atom is -0.0993 e. The second-order valence-corrected chi connectivity index (χ2v) is 9.67. The zero-order chi connectivity index (χ0) is 17.0. The first kappa shape index (κ1) is 19.5. The first-order chi connectivity index (χ1) is 10.00. The molecule has 0 spiro atoms. The monoisotopic (exact) mass is 304 g/mol. The normalized spacial score (nSPS) is 23.4. The minimum absolute atomic E-state index is 0.282. The van der Waals surface area contributed by atoms with Gasteiger partial charge < -0.3 is 0 Å². The quantitative estimate of drug-likeness (QED) is 0.444. The largest absolute Gasteiger partial charge is 0.0993 e. The maximum Gasteiger partial charge on any atom is -0.0176 e. The fourth-order valence-corrected chi connectivity index (χ4v) is 3.32. The lowest BCUT2D eigenvalue weighted by Gasteiger charge is -2.31. The number of hydrogen-bond donors (Lipinski definition) is 0. The molecule has 0 bridgehead atoms. The molecule has 0 aromatic carbocycles. The van der Waals surface area contributed by atoms with Crippen molar-refractivity contribution in [3.8, 4) is 0 Å². The Kier molecular flexibility index (Phi) is 6.96. The Morgan fingerprint density at radius 3 is 1.18 bits per heavy atom. The van der Waals surface area contributed by atoms with Crippen LogP contribution in [0.15, 0.2) is 24.3 Å². The van der Waals surface area contributed by atoms with E-state index in [1.165, 1.54) is 62.5 Å². The molecule has 0 nitrogen and oxygen atoms in total. The Labute approximate surface area is 140 Å². The maximum atomic E-state index is 4.29. The van der Waals surface area contributed by atoms with Crippen LogP contribution < -0.4 is 0 Å². The summed E-state index contributed by atoms with van der Waals surface area (Å²) in [7, 11) is 0. The van der Waals surface area contributed by atoms with E-state index in [0.717, 1.165) is 11.8 Å². The van der Waals surface area contributed by atoms with Gasteiger partial charge in [-0.05, 0) is 48.3 Å². The molecule has 0 heteroatoms. The molecule has 0 saturated heterocycles. The van der Waals surface area contributed by atoms with Crippen LogP contribution in [-0.2, 0) is 0 Å². The summed E-state index contributed by atoms with van der Waals surface area (Å²) in [5.41, 5.74) is 3.42. The van der Waals surface area contributed by atoms with Crippen molar-refractivity contribution < 1.29 is 0 Å². The molecule has 0 aromatic rings. The summed E-state index contributed by atoms with van der Waals surface area (Å²) in [5.74, 6) is 1.89. The van der Waals surface area contributed by atoms with Crippen molar-refractivity contribution in [2.45, 2.75) is 92.9 Å². The summed E-state index contributed by atoms with van der Waals surface area (Å²) < 4.78 is 0. The molecule has 0 amide bonds. The summed E-state index contributed by atoms with van der Waals surface area (Å²) in [6, 6.07) is 0. The van der Waals surface area contributed by atoms with Crippen molar-refractivity contribution in [2.24, 2.45) is 22.7 Å². The van der Waals surface area contributed by atoms with Crippen LogP contribution in [0.4, 0.5) is 0 Å². The van der Waals surface area contributed by atoms with Crippen LogP contribution in [0, 0.1) is 22.7 Å². The van der Waals surface area contributed by atoms with Crippen molar-refractivity contribution in [2.75, 3.05) is 0 Å². The van der Waals surface area contributed by atoms with Gasteiger partial charge in [0.1, 0.15) is 0 Å². The van der Waals surface area contributed by atoms with Gasteiger partial charge >= 0.3 is 0 Å². The molecule has 22 heavy (non-hydrogen) atoms. The molecular weight excluding hydrogens is 264 g/mol. The zero-order valence-corrected chi connectivity index (χ0v) is 16.2. The van der Waals surface area contributed by atoms with Crippen LogP contribution in [0.1, 0.15) is 92.9 Å². The Hall–Kier alpha value is -0.520. The third kappa shape index (κ3) is 6.71. The van der Waals surface area contributed by atoms with E-state index in [-0.39, 0.29) is 10.8 Å². The molecule has 1 fully saturated rings. The van der Waals surface area contributed by atoms with Gasteiger partial charge in [0.25, 0.3) is 0 Å². The predicted octanol–water partition coefficient (Wildman–Crippen LogP) is 7.56. The van der Waals surface area contributed by atoms with Gasteiger partial charge in [-0.1, -0.05) is 91.5 Å². The molecule has 0 atom stereocenters. The summed E-state index contributed by atoms with van der Waals surface area (Å²) in [6.07, 6.45) is 10.9. The van der Waals surface area contributed by atoms with Crippen LogP contribution in [-0.4, -0.2) is 0 Å². The third-order valence-corrected chi connectivity index (χ3v) is 5.80. The topological polar surface area (TPSA) is 0 Å².